The van der Waals surface area contributed by atoms with Crippen LogP contribution in [0.3, 0.4) is 0 Å². The molecule has 1 fully saturated rings. The van der Waals surface area contributed by atoms with Gasteiger partial charge in [0.05, 0.1) is 0 Å². The summed E-state index contributed by atoms with van der Waals surface area (Å²) in [7, 11) is 0. The van der Waals surface area contributed by atoms with Crippen LogP contribution in [0.25, 0.3) is 0 Å². The zero-order chi connectivity index (χ0) is 31.6. The van der Waals surface area contributed by atoms with Crippen LogP contribution in [-0.4, -0.2) is 65.8 Å². The van der Waals surface area contributed by atoms with Crippen molar-refractivity contribution in [3.8, 4) is 5.75 Å². The van der Waals surface area contributed by atoms with Crippen LogP contribution >= 0.6 is 0 Å². The van der Waals surface area contributed by atoms with Gasteiger partial charge in [-0.1, -0.05) is 52.5 Å². The lowest BCUT2D eigenvalue weighted by atomic mass is 9.98. The van der Waals surface area contributed by atoms with E-state index >= 15 is 0 Å². The van der Waals surface area contributed by atoms with Crippen molar-refractivity contribution in [2.45, 2.75) is 98.1 Å². The normalized spacial score (nSPS) is 17.6. The molecular formula is C31H48N4O7. The molecule has 0 saturated carbocycles. The number of alkyl carbamates (subject to hydrolysis) is 1. The number of nitrogens with one attached hydrogen (secondary N) is 3. The summed E-state index contributed by atoms with van der Waals surface area (Å²) in [5, 5.41) is 6.62. The van der Waals surface area contributed by atoms with E-state index in [1.54, 1.807) is 47.6 Å². The number of ether oxygens (including phenoxy) is 3. The summed E-state index contributed by atoms with van der Waals surface area (Å²) < 4.78 is 16.8. The van der Waals surface area contributed by atoms with Crippen molar-refractivity contribution in [3.63, 3.8) is 0 Å². The van der Waals surface area contributed by atoms with Crippen molar-refractivity contribution in [2.75, 3.05) is 13.2 Å². The summed E-state index contributed by atoms with van der Waals surface area (Å²) >= 11 is 0. The lowest BCUT2D eigenvalue weighted by molar-refractivity contribution is -0.159. The molecule has 3 N–H and O–H groups in total. The number of hydrogen-bond donors (Lipinski definition) is 3. The third kappa shape index (κ3) is 10.7. The highest BCUT2D eigenvalue weighted by atomic mass is 16.6. The number of amides is 3. The Kier molecular flexibility index (Phi) is 12.8. The summed E-state index contributed by atoms with van der Waals surface area (Å²) in [5.74, 6) is -1.00. The maximum absolute atomic E-state index is 13.2. The molecule has 1 saturated heterocycles. The minimum Gasteiger partial charge on any atom is -0.490 e. The molecule has 3 amide bonds. The van der Waals surface area contributed by atoms with Crippen LogP contribution in [0.1, 0.15) is 79.9 Å². The van der Waals surface area contributed by atoms with Gasteiger partial charge >= 0.3 is 12.1 Å². The van der Waals surface area contributed by atoms with Gasteiger partial charge in [0.1, 0.15) is 42.2 Å². The molecule has 2 rings (SSSR count). The lowest BCUT2D eigenvalue weighted by Gasteiger charge is -2.35. The fraction of sp³-hybridized carbons (Fsp3) is 0.613. The van der Waals surface area contributed by atoms with Crippen LogP contribution in [0.15, 0.2) is 36.9 Å². The van der Waals surface area contributed by atoms with Gasteiger partial charge in [-0.3, -0.25) is 19.4 Å². The topological polar surface area (TPSA) is 135 Å². The van der Waals surface area contributed by atoms with Gasteiger partial charge in [-0.15, -0.1) is 0 Å². The van der Waals surface area contributed by atoms with E-state index in [4.69, 9.17) is 14.2 Å². The number of esters is 1. The third-order valence-corrected chi connectivity index (χ3v) is 6.49. The Bertz CT molecular complexity index is 1100. The van der Waals surface area contributed by atoms with E-state index in [1.807, 2.05) is 38.1 Å². The average Bonchev–Trinajstić information content (AvgIpc) is 2.91. The summed E-state index contributed by atoms with van der Waals surface area (Å²) in [6.07, 6.45) is 1.49. The first-order valence-corrected chi connectivity index (χ1v) is 14.5. The Morgan fingerprint density at radius 1 is 1.10 bits per heavy atom. The van der Waals surface area contributed by atoms with Crippen molar-refractivity contribution >= 4 is 23.9 Å². The fourth-order valence-corrected chi connectivity index (χ4v) is 4.42. The number of rotatable bonds is 12. The highest BCUT2D eigenvalue weighted by Crippen LogP contribution is 2.29. The van der Waals surface area contributed by atoms with E-state index in [0.29, 0.717) is 31.7 Å². The van der Waals surface area contributed by atoms with Crippen molar-refractivity contribution in [2.24, 2.45) is 11.8 Å². The Hall–Kier alpha value is -3.60. The zero-order valence-corrected chi connectivity index (χ0v) is 26.2. The highest BCUT2D eigenvalue weighted by Gasteiger charge is 2.35. The van der Waals surface area contributed by atoms with Crippen LogP contribution in [0.5, 0.6) is 5.75 Å². The van der Waals surface area contributed by atoms with Gasteiger partial charge in [-0.2, -0.15) is 0 Å². The van der Waals surface area contributed by atoms with Crippen molar-refractivity contribution < 1.29 is 33.4 Å². The molecule has 0 bridgehead atoms. The number of benzene rings is 1. The number of carbonyl (C=O) groups excluding carboxylic acids is 4. The molecule has 0 spiro atoms. The molecule has 4 atom stereocenters. The molecule has 1 aromatic carbocycles. The molecule has 0 radical (unpaired) electrons. The number of carbonyl (C=O) groups is 4. The molecule has 0 aliphatic carbocycles. The van der Waals surface area contributed by atoms with Gasteiger partial charge in [0.25, 0.3) is 5.91 Å². The van der Waals surface area contributed by atoms with E-state index in [1.165, 1.54) is 5.01 Å². The largest absolute Gasteiger partial charge is 0.490 e. The number of nitrogens with zero attached hydrogens (tertiary/aromatic N) is 1. The molecule has 1 aliphatic heterocycles. The SMILES string of the molecule is C=CCOc1cccc([C@H](OC(=O)[C@@H]2CCCN(C(=O)[C@H](C)NC(=O)[C@@H](NC(=O)OC(C)(C)C)C(C)C)N2)C(C)C)c1. The van der Waals surface area contributed by atoms with Gasteiger partial charge in [0.2, 0.25) is 5.91 Å². The molecule has 42 heavy (non-hydrogen) atoms. The van der Waals surface area contributed by atoms with Crippen molar-refractivity contribution in [1.29, 1.82) is 0 Å². The molecule has 1 aliphatic rings. The molecule has 0 unspecified atom stereocenters. The Balaban J connectivity index is 2.03. The summed E-state index contributed by atoms with van der Waals surface area (Å²) in [5.41, 5.74) is 3.07. The highest BCUT2D eigenvalue weighted by molar-refractivity contribution is 5.91. The average molecular weight is 589 g/mol. The smallest absolute Gasteiger partial charge is 0.408 e. The maximum atomic E-state index is 13.2. The first kappa shape index (κ1) is 34.6. The minimum atomic E-state index is -0.914. The summed E-state index contributed by atoms with van der Waals surface area (Å²) in [6, 6.07) is 4.86. The Morgan fingerprint density at radius 3 is 2.38 bits per heavy atom. The van der Waals surface area contributed by atoms with Gasteiger partial charge in [0, 0.05) is 6.54 Å². The maximum Gasteiger partial charge on any atom is 0.408 e. The Labute approximate surface area is 249 Å². The molecule has 11 heteroatoms. The van der Waals surface area contributed by atoms with Gasteiger partial charge in [-0.25, -0.2) is 10.2 Å². The molecule has 11 nitrogen and oxygen atoms in total. The predicted molar refractivity (Wildman–Crippen MR) is 159 cm³/mol. The second-order valence-corrected chi connectivity index (χ2v) is 12.2. The molecule has 234 valence electrons. The third-order valence-electron chi connectivity index (χ3n) is 6.49. The molecule has 0 aromatic heterocycles. The standard InChI is InChI=1S/C31H48N4O7/c1-10-17-40-23-14-11-13-22(18-23)26(20(4)5)41-29(38)24-15-12-16-35(34-24)28(37)21(6)32-27(36)25(19(2)3)33-30(39)42-31(7,8)9/h10-11,13-14,18-21,24-26,34H,1,12,15-17H2,2-9H3,(H,32,36)(H,33,39)/t21-,24-,25-,26+/m0/s1. The molecule has 1 heterocycles. The lowest BCUT2D eigenvalue weighted by Crippen LogP contribution is -2.61. The summed E-state index contributed by atoms with van der Waals surface area (Å²) in [4.78, 5) is 51.7. The van der Waals surface area contributed by atoms with Crippen LogP contribution in [-0.2, 0) is 23.9 Å². The Morgan fingerprint density at radius 2 is 1.79 bits per heavy atom. The fourth-order valence-electron chi connectivity index (χ4n) is 4.42. The summed E-state index contributed by atoms with van der Waals surface area (Å²) in [6.45, 7) is 18.6. The second-order valence-electron chi connectivity index (χ2n) is 12.2. The second kappa shape index (κ2) is 15.6. The molecular weight excluding hydrogens is 540 g/mol. The van der Waals surface area contributed by atoms with E-state index < -0.39 is 53.7 Å². The minimum absolute atomic E-state index is 0.0108. The number of hydrazine groups is 1. The van der Waals surface area contributed by atoms with Gasteiger partial charge < -0.3 is 24.8 Å². The van der Waals surface area contributed by atoms with Crippen LogP contribution in [0.4, 0.5) is 4.79 Å². The first-order chi connectivity index (χ1) is 19.6. The van der Waals surface area contributed by atoms with E-state index in [-0.39, 0.29) is 11.8 Å². The van der Waals surface area contributed by atoms with Crippen LogP contribution in [0, 0.1) is 11.8 Å². The monoisotopic (exact) mass is 588 g/mol. The zero-order valence-electron chi connectivity index (χ0n) is 26.2. The molecule has 1 aromatic rings. The van der Waals surface area contributed by atoms with Crippen LogP contribution < -0.4 is 20.8 Å². The van der Waals surface area contributed by atoms with E-state index in [0.717, 1.165) is 5.56 Å². The number of hydrogen-bond acceptors (Lipinski definition) is 8. The predicted octanol–water partition coefficient (Wildman–Crippen LogP) is 4.04. The van der Waals surface area contributed by atoms with E-state index in [9.17, 15) is 19.2 Å². The van der Waals surface area contributed by atoms with Crippen molar-refractivity contribution in [1.82, 2.24) is 21.1 Å². The quantitative estimate of drug-likeness (QED) is 0.246. The van der Waals surface area contributed by atoms with Crippen LogP contribution in [0.2, 0.25) is 0 Å². The van der Waals surface area contributed by atoms with Gasteiger partial charge in [0.15, 0.2) is 0 Å². The van der Waals surface area contributed by atoms with E-state index in [2.05, 4.69) is 22.6 Å². The first-order valence-electron chi connectivity index (χ1n) is 14.5. The van der Waals surface area contributed by atoms with Gasteiger partial charge in [-0.05, 0) is 70.1 Å². The van der Waals surface area contributed by atoms with Crippen molar-refractivity contribution in [3.05, 3.63) is 42.5 Å².